The average molecular weight is 466 g/mol. The number of fused-ring (bicyclic) bond motifs is 6. The molecule has 3 aromatic carbocycles. The highest BCUT2D eigenvalue weighted by Gasteiger charge is 2.48. The first-order valence-corrected chi connectivity index (χ1v) is 11.5. The molecule has 4 aromatic rings. The predicted molar refractivity (Wildman–Crippen MR) is 131 cm³/mol. The van der Waals surface area contributed by atoms with Gasteiger partial charge < -0.3 is 14.8 Å². The van der Waals surface area contributed by atoms with Crippen molar-refractivity contribution in [2.75, 3.05) is 11.4 Å². The van der Waals surface area contributed by atoms with Crippen LogP contribution in [0.15, 0.2) is 72.8 Å². The summed E-state index contributed by atoms with van der Waals surface area (Å²) in [5.41, 5.74) is 4.06. The van der Waals surface area contributed by atoms with Crippen molar-refractivity contribution in [2.45, 2.75) is 19.1 Å². The highest BCUT2D eigenvalue weighted by atomic mass is 16.2. The highest BCUT2D eigenvalue weighted by molar-refractivity contribution is 6.17. The maximum atomic E-state index is 13.5. The van der Waals surface area contributed by atoms with Crippen LogP contribution >= 0.6 is 0 Å². The summed E-state index contributed by atoms with van der Waals surface area (Å²) in [7, 11) is 1.91. The van der Waals surface area contributed by atoms with Crippen molar-refractivity contribution in [1.82, 2.24) is 19.8 Å². The van der Waals surface area contributed by atoms with E-state index in [2.05, 4.69) is 10.3 Å². The second-order valence-corrected chi connectivity index (χ2v) is 8.89. The summed E-state index contributed by atoms with van der Waals surface area (Å²) in [6.07, 6.45) is -0.669. The Kier molecular flexibility index (Phi) is 4.70. The van der Waals surface area contributed by atoms with Crippen LogP contribution in [-0.2, 0) is 11.8 Å². The predicted octanol–water partition coefficient (Wildman–Crippen LogP) is 3.57. The Hall–Kier alpha value is -4.46. The van der Waals surface area contributed by atoms with Gasteiger partial charge in [0.1, 0.15) is 18.5 Å². The van der Waals surface area contributed by atoms with Crippen molar-refractivity contribution in [1.29, 1.82) is 0 Å². The van der Waals surface area contributed by atoms with Crippen LogP contribution < -0.4 is 10.2 Å². The fourth-order valence-electron chi connectivity index (χ4n) is 5.19. The number of nitrogens with zero attached hydrogens (tertiary/aromatic N) is 4. The molecule has 2 aliphatic rings. The Labute approximate surface area is 201 Å². The zero-order valence-electron chi connectivity index (χ0n) is 19.3. The number of carbonyl (C=O) groups excluding carboxylic acids is 3. The maximum Gasteiger partial charge on any atom is 0.260 e. The zero-order valence-corrected chi connectivity index (χ0v) is 19.3. The van der Waals surface area contributed by atoms with E-state index in [1.165, 1.54) is 4.90 Å². The monoisotopic (exact) mass is 465 g/mol. The molecule has 0 bridgehead atoms. The summed E-state index contributed by atoms with van der Waals surface area (Å²) in [5, 5.41) is 2.99. The molecule has 174 valence electrons. The number of aryl methyl sites for hydroxylation is 1. The fraction of sp³-hybridized carbons (Fsp3) is 0.185. The molecule has 2 aliphatic heterocycles. The van der Waals surface area contributed by atoms with E-state index in [0.717, 1.165) is 22.4 Å². The number of benzene rings is 3. The lowest BCUT2D eigenvalue weighted by Gasteiger charge is -2.40. The van der Waals surface area contributed by atoms with Gasteiger partial charge in [-0.1, -0.05) is 42.5 Å². The summed E-state index contributed by atoms with van der Waals surface area (Å²) >= 11 is 0. The number of hydrogen-bond acceptors (Lipinski definition) is 4. The first-order valence-electron chi connectivity index (χ1n) is 11.5. The highest BCUT2D eigenvalue weighted by Crippen LogP contribution is 2.44. The van der Waals surface area contributed by atoms with Gasteiger partial charge in [-0.05, 0) is 37.3 Å². The Morgan fingerprint density at radius 1 is 0.943 bits per heavy atom. The Morgan fingerprint density at radius 2 is 1.63 bits per heavy atom. The molecule has 0 spiro atoms. The Balaban J connectivity index is 1.32. The van der Waals surface area contributed by atoms with E-state index in [0.29, 0.717) is 16.8 Å². The third-order valence-electron chi connectivity index (χ3n) is 6.78. The quantitative estimate of drug-likeness (QED) is 0.499. The lowest BCUT2D eigenvalue weighted by molar-refractivity contribution is -0.123. The topological polar surface area (TPSA) is 87.5 Å². The number of nitrogens with one attached hydrogen (secondary N) is 1. The summed E-state index contributed by atoms with van der Waals surface area (Å²) in [6.45, 7) is 1.68. The molecular weight excluding hydrogens is 442 g/mol. The minimum Gasteiger partial charge on any atom is -0.345 e. The van der Waals surface area contributed by atoms with Gasteiger partial charge in [0.25, 0.3) is 11.8 Å². The van der Waals surface area contributed by atoms with Crippen molar-refractivity contribution < 1.29 is 14.4 Å². The lowest BCUT2D eigenvalue weighted by atomic mass is 10.0. The van der Waals surface area contributed by atoms with Crippen molar-refractivity contribution in [3.05, 3.63) is 95.3 Å². The third-order valence-corrected chi connectivity index (χ3v) is 6.78. The molecule has 2 atom stereocenters. The number of hydrogen-bond donors (Lipinski definition) is 1. The van der Waals surface area contributed by atoms with Gasteiger partial charge in [-0.2, -0.15) is 0 Å². The molecule has 0 radical (unpaired) electrons. The van der Waals surface area contributed by atoms with Gasteiger partial charge in [-0.15, -0.1) is 0 Å². The van der Waals surface area contributed by atoms with Gasteiger partial charge in [0.15, 0.2) is 0 Å². The number of aromatic nitrogens is 2. The molecule has 8 nitrogen and oxygen atoms in total. The van der Waals surface area contributed by atoms with Crippen LogP contribution in [-0.4, -0.2) is 38.7 Å². The SMILES string of the molecule is C[C@H](NC(=O)CN1C(=O)c2ccccc2N2C(=O)c3ccccc3[C@H]12)c1nc2ccccc2n1C. The molecular formula is C27H23N5O3. The number of carbonyl (C=O) groups is 3. The van der Waals surface area contributed by atoms with Crippen molar-refractivity contribution in [3.8, 4) is 0 Å². The molecule has 8 heteroatoms. The van der Waals surface area contributed by atoms with Gasteiger partial charge in [-0.3, -0.25) is 19.3 Å². The minimum absolute atomic E-state index is 0.177. The standard InChI is InChI=1S/C27H23N5O3/c1-16(24-29-20-12-6-8-14-22(20)30(24)2)28-23(33)15-31-25-17-9-3-4-10-18(17)27(35)32(25)21-13-7-5-11-19(21)26(31)34/h3-14,16,25H,15H2,1-2H3,(H,28,33)/t16-,25+/m0/s1. The summed E-state index contributed by atoms with van der Waals surface area (Å²) in [4.78, 5) is 47.8. The summed E-state index contributed by atoms with van der Waals surface area (Å²) < 4.78 is 1.95. The van der Waals surface area contributed by atoms with Crippen molar-refractivity contribution >= 4 is 34.4 Å². The molecule has 1 aromatic heterocycles. The van der Waals surface area contributed by atoms with E-state index in [-0.39, 0.29) is 30.3 Å². The van der Waals surface area contributed by atoms with Crippen LogP contribution in [0.4, 0.5) is 5.69 Å². The van der Waals surface area contributed by atoms with E-state index >= 15 is 0 Å². The Morgan fingerprint density at radius 3 is 2.43 bits per heavy atom. The van der Waals surface area contributed by atoms with Crippen LogP contribution in [0.5, 0.6) is 0 Å². The number of rotatable bonds is 4. The fourth-order valence-corrected chi connectivity index (χ4v) is 5.19. The number of amides is 3. The van der Waals surface area contributed by atoms with Crippen LogP contribution in [0, 0.1) is 0 Å². The Bertz CT molecular complexity index is 1520. The molecule has 0 fully saturated rings. The first kappa shape index (κ1) is 21.1. The van der Waals surface area contributed by atoms with E-state index in [4.69, 9.17) is 0 Å². The molecule has 0 unspecified atom stereocenters. The number of imidazole rings is 1. The van der Waals surface area contributed by atoms with Crippen LogP contribution in [0.3, 0.4) is 0 Å². The largest absolute Gasteiger partial charge is 0.345 e. The van der Waals surface area contributed by atoms with Crippen molar-refractivity contribution in [2.24, 2.45) is 7.05 Å². The normalized spacial score (nSPS) is 17.3. The third kappa shape index (κ3) is 3.13. The molecule has 0 saturated heterocycles. The van der Waals surface area contributed by atoms with E-state index in [9.17, 15) is 14.4 Å². The summed E-state index contributed by atoms with van der Waals surface area (Å²) in [6, 6.07) is 21.7. The first-order chi connectivity index (χ1) is 17.0. The maximum absolute atomic E-state index is 13.5. The number of para-hydroxylation sites is 3. The average Bonchev–Trinajstić information content (AvgIpc) is 3.37. The van der Waals surface area contributed by atoms with Crippen LogP contribution in [0.1, 0.15) is 51.2 Å². The van der Waals surface area contributed by atoms with Crippen LogP contribution in [0.2, 0.25) is 0 Å². The second-order valence-electron chi connectivity index (χ2n) is 8.89. The van der Waals surface area contributed by atoms with Gasteiger partial charge in [0, 0.05) is 18.2 Å². The summed E-state index contributed by atoms with van der Waals surface area (Å²) in [5.74, 6) is -0.0622. The molecule has 0 saturated carbocycles. The molecule has 3 amide bonds. The van der Waals surface area contributed by atoms with Gasteiger partial charge in [0.05, 0.1) is 28.3 Å². The van der Waals surface area contributed by atoms with E-state index in [1.807, 2.05) is 54.9 Å². The van der Waals surface area contributed by atoms with E-state index < -0.39 is 6.17 Å². The second kappa shape index (κ2) is 7.80. The molecule has 35 heavy (non-hydrogen) atoms. The minimum atomic E-state index is -0.669. The smallest absolute Gasteiger partial charge is 0.260 e. The molecule has 6 rings (SSSR count). The van der Waals surface area contributed by atoms with Gasteiger partial charge in [0.2, 0.25) is 5.91 Å². The van der Waals surface area contributed by atoms with Crippen molar-refractivity contribution in [3.63, 3.8) is 0 Å². The lowest BCUT2D eigenvalue weighted by Crippen LogP contribution is -2.51. The van der Waals surface area contributed by atoms with Gasteiger partial charge >= 0.3 is 0 Å². The zero-order chi connectivity index (χ0) is 24.3. The molecule has 0 aliphatic carbocycles. The van der Waals surface area contributed by atoms with Crippen LogP contribution in [0.25, 0.3) is 11.0 Å². The molecule has 1 N–H and O–H groups in total. The van der Waals surface area contributed by atoms with E-state index in [1.54, 1.807) is 41.3 Å². The van der Waals surface area contributed by atoms with Gasteiger partial charge in [-0.25, -0.2) is 4.98 Å². The number of anilines is 1. The molecule has 3 heterocycles.